The van der Waals surface area contributed by atoms with Gasteiger partial charge in [0, 0.05) is 45.2 Å². The fourth-order valence-corrected chi connectivity index (χ4v) is 3.47. The van der Waals surface area contributed by atoms with Crippen LogP contribution in [0.15, 0.2) is 29.3 Å². The highest BCUT2D eigenvalue weighted by atomic mass is 16.5. The smallest absolute Gasteiger partial charge is 0.224 e. The highest BCUT2D eigenvalue weighted by Gasteiger charge is 2.20. The highest BCUT2D eigenvalue weighted by molar-refractivity contribution is 5.81. The molecule has 0 aromatic heterocycles. The molecule has 0 spiro atoms. The quantitative estimate of drug-likeness (QED) is 0.589. The van der Waals surface area contributed by atoms with E-state index in [-0.39, 0.29) is 5.91 Å². The van der Waals surface area contributed by atoms with E-state index in [0.29, 0.717) is 25.4 Å². The molecule has 1 saturated heterocycles. The molecule has 150 valence electrons. The second kappa shape index (κ2) is 10.8. The summed E-state index contributed by atoms with van der Waals surface area (Å²) in [4.78, 5) is 21.2. The van der Waals surface area contributed by atoms with E-state index in [0.717, 1.165) is 43.3 Å². The molecule has 1 aliphatic rings. The Hall–Kier alpha value is -2.24. The van der Waals surface area contributed by atoms with Crippen molar-refractivity contribution in [3.63, 3.8) is 0 Å². The number of carbonyl (C=O) groups is 1. The van der Waals surface area contributed by atoms with Crippen LogP contribution in [-0.4, -0.2) is 62.0 Å². The average molecular weight is 375 g/mol. The first kappa shape index (κ1) is 21.1. The van der Waals surface area contributed by atoms with E-state index in [1.54, 1.807) is 7.11 Å². The Bertz CT molecular complexity index is 632. The minimum atomic E-state index is 0.216. The molecule has 1 fully saturated rings. The van der Waals surface area contributed by atoms with Crippen molar-refractivity contribution in [2.24, 2.45) is 10.9 Å². The maximum atomic E-state index is 12.4. The Balaban J connectivity index is 1.93. The number of hydrogen-bond donors (Lipinski definition) is 1. The molecule has 1 aliphatic heterocycles. The zero-order valence-electron chi connectivity index (χ0n) is 17.2. The maximum Gasteiger partial charge on any atom is 0.224 e. The number of para-hydroxylation sites is 1. The first-order chi connectivity index (χ1) is 13.0. The first-order valence-electron chi connectivity index (χ1n) is 9.94. The largest absolute Gasteiger partial charge is 0.496 e. The molecule has 6 heteroatoms. The van der Waals surface area contributed by atoms with E-state index in [1.807, 2.05) is 37.1 Å². The molecule has 1 unspecified atom stereocenters. The topological polar surface area (TPSA) is 57.2 Å². The summed E-state index contributed by atoms with van der Waals surface area (Å²) in [6.07, 6.45) is 2.80. The van der Waals surface area contributed by atoms with E-state index in [2.05, 4.69) is 28.2 Å². The minimum absolute atomic E-state index is 0.216. The number of nitrogens with zero attached hydrogens (tertiary/aromatic N) is 3. The van der Waals surface area contributed by atoms with E-state index in [9.17, 15) is 4.79 Å². The van der Waals surface area contributed by atoms with Crippen LogP contribution in [0.3, 0.4) is 0 Å². The Kier molecular flexibility index (Phi) is 8.43. The van der Waals surface area contributed by atoms with Gasteiger partial charge in [-0.15, -0.1) is 0 Å². The van der Waals surface area contributed by atoms with Crippen molar-refractivity contribution in [3.8, 4) is 5.75 Å². The van der Waals surface area contributed by atoms with Gasteiger partial charge in [-0.2, -0.15) is 0 Å². The van der Waals surface area contributed by atoms with Crippen LogP contribution in [-0.2, 0) is 11.3 Å². The van der Waals surface area contributed by atoms with Gasteiger partial charge in [-0.05, 0) is 31.7 Å². The van der Waals surface area contributed by atoms with Crippen LogP contribution >= 0.6 is 0 Å². The summed E-state index contributed by atoms with van der Waals surface area (Å²) in [5, 5.41) is 3.31. The number of nitrogens with one attached hydrogen (secondary N) is 1. The number of guanidine groups is 1. The summed E-state index contributed by atoms with van der Waals surface area (Å²) >= 11 is 0. The normalized spacial score (nSPS) is 17.6. The van der Waals surface area contributed by atoms with Crippen molar-refractivity contribution in [2.75, 3.05) is 40.3 Å². The summed E-state index contributed by atoms with van der Waals surface area (Å²) in [6, 6.07) is 7.99. The van der Waals surface area contributed by atoms with Gasteiger partial charge in [-0.1, -0.05) is 25.1 Å². The lowest BCUT2D eigenvalue weighted by Crippen LogP contribution is -2.40. The molecule has 1 aromatic rings. The van der Waals surface area contributed by atoms with Gasteiger partial charge in [0.25, 0.3) is 0 Å². The van der Waals surface area contributed by atoms with Gasteiger partial charge in [-0.3, -0.25) is 9.79 Å². The number of aliphatic imine (C=N–C) groups is 1. The van der Waals surface area contributed by atoms with E-state index in [4.69, 9.17) is 4.74 Å². The second-order valence-corrected chi connectivity index (χ2v) is 7.24. The molecule has 0 saturated carbocycles. The third-order valence-electron chi connectivity index (χ3n) is 4.89. The Morgan fingerprint density at radius 2 is 2.19 bits per heavy atom. The molecule has 1 amide bonds. The summed E-state index contributed by atoms with van der Waals surface area (Å²) in [6.45, 7) is 8.01. The zero-order valence-corrected chi connectivity index (χ0v) is 17.2. The molecule has 0 bridgehead atoms. The van der Waals surface area contributed by atoms with Crippen molar-refractivity contribution in [1.82, 2.24) is 15.1 Å². The van der Waals surface area contributed by atoms with Crippen LogP contribution in [0.5, 0.6) is 5.75 Å². The number of rotatable bonds is 7. The standard InChI is InChI=1S/C21H34N4O2/c1-5-22-21(24(3)16-18-10-6-7-11-19(18)27-4)23-13-12-20(26)25-14-8-9-17(2)15-25/h6-7,10-11,17H,5,8-9,12-16H2,1-4H3,(H,22,23). The Morgan fingerprint density at radius 1 is 1.41 bits per heavy atom. The van der Waals surface area contributed by atoms with Gasteiger partial charge in [-0.25, -0.2) is 0 Å². The van der Waals surface area contributed by atoms with Gasteiger partial charge >= 0.3 is 0 Å². The van der Waals surface area contributed by atoms with Gasteiger partial charge in [0.15, 0.2) is 5.96 Å². The summed E-state index contributed by atoms with van der Waals surface area (Å²) in [7, 11) is 3.69. The van der Waals surface area contributed by atoms with Crippen molar-refractivity contribution < 1.29 is 9.53 Å². The molecule has 6 nitrogen and oxygen atoms in total. The Morgan fingerprint density at radius 3 is 2.89 bits per heavy atom. The predicted octanol–water partition coefficient (Wildman–Crippen LogP) is 2.74. The second-order valence-electron chi connectivity index (χ2n) is 7.24. The van der Waals surface area contributed by atoms with E-state index < -0.39 is 0 Å². The molecule has 0 aliphatic carbocycles. The fourth-order valence-electron chi connectivity index (χ4n) is 3.47. The van der Waals surface area contributed by atoms with Crippen molar-refractivity contribution in [3.05, 3.63) is 29.8 Å². The van der Waals surface area contributed by atoms with Crippen LogP contribution in [0.2, 0.25) is 0 Å². The first-order valence-corrected chi connectivity index (χ1v) is 9.94. The third kappa shape index (κ3) is 6.45. The molecule has 1 N–H and O–H groups in total. The lowest BCUT2D eigenvalue weighted by Gasteiger charge is -2.31. The van der Waals surface area contributed by atoms with E-state index in [1.165, 1.54) is 6.42 Å². The molecule has 1 atom stereocenters. The number of methoxy groups -OCH3 is 1. The number of amides is 1. The number of ether oxygens (including phenoxy) is 1. The number of benzene rings is 1. The molecule has 2 rings (SSSR count). The fraction of sp³-hybridized carbons (Fsp3) is 0.619. The summed E-state index contributed by atoms with van der Waals surface area (Å²) in [5.74, 6) is 2.50. The highest BCUT2D eigenvalue weighted by Crippen LogP contribution is 2.19. The third-order valence-corrected chi connectivity index (χ3v) is 4.89. The van der Waals surface area contributed by atoms with Crippen LogP contribution in [0, 0.1) is 5.92 Å². The van der Waals surface area contributed by atoms with E-state index >= 15 is 0 Å². The molecule has 27 heavy (non-hydrogen) atoms. The van der Waals surface area contributed by atoms with Gasteiger partial charge in [0.05, 0.1) is 13.7 Å². The molecular formula is C21H34N4O2. The van der Waals surface area contributed by atoms with Gasteiger partial charge in [0.1, 0.15) is 5.75 Å². The number of likely N-dealkylation sites (tertiary alicyclic amines) is 1. The van der Waals surface area contributed by atoms with Crippen LogP contribution < -0.4 is 10.1 Å². The average Bonchev–Trinajstić information content (AvgIpc) is 2.67. The molecular weight excluding hydrogens is 340 g/mol. The zero-order chi connectivity index (χ0) is 19.6. The van der Waals surface area contributed by atoms with Crippen molar-refractivity contribution >= 4 is 11.9 Å². The lowest BCUT2D eigenvalue weighted by molar-refractivity contribution is -0.132. The van der Waals surface area contributed by atoms with Crippen LogP contribution in [0.25, 0.3) is 0 Å². The molecule has 1 aromatic carbocycles. The van der Waals surface area contributed by atoms with Gasteiger partial charge in [0.2, 0.25) is 5.91 Å². The lowest BCUT2D eigenvalue weighted by atomic mass is 10.00. The van der Waals surface area contributed by atoms with Gasteiger partial charge < -0.3 is 19.9 Å². The number of carbonyl (C=O) groups excluding carboxylic acids is 1. The predicted molar refractivity (Wildman–Crippen MR) is 110 cm³/mol. The minimum Gasteiger partial charge on any atom is -0.496 e. The monoisotopic (exact) mass is 374 g/mol. The summed E-state index contributed by atoms with van der Waals surface area (Å²) in [5.41, 5.74) is 1.10. The van der Waals surface area contributed by atoms with Crippen LogP contribution in [0.4, 0.5) is 0 Å². The Labute approximate surface area is 163 Å². The van der Waals surface area contributed by atoms with Crippen molar-refractivity contribution in [2.45, 2.75) is 39.7 Å². The SMILES string of the molecule is CCNC(=NCCC(=O)N1CCCC(C)C1)N(C)Cc1ccccc1OC. The number of piperidine rings is 1. The molecule has 0 radical (unpaired) electrons. The summed E-state index contributed by atoms with van der Waals surface area (Å²) < 4.78 is 5.44. The van der Waals surface area contributed by atoms with Crippen LogP contribution in [0.1, 0.15) is 38.7 Å². The maximum absolute atomic E-state index is 12.4. The van der Waals surface area contributed by atoms with Crippen molar-refractivity contribution in [1.29, 1.82) is 0 Å². The molecule has 1 heterocycles. The number of hydrogen-bond acceptors (Lipinski definition) is 3.